The molecule has 7 N–H and O–H groups in total. The number of carbonyl (C=O) groups excluding carboxylic acids is 4. The van der Waals surface area contributed by atoms with Gasteiger partial charge in [-0.2, -0.15) is 0 Å². The third kappa shape index (κ3) is 17.5. The van der Waals surface area contributed by atoms with Crippen LogP contribution in [0.25, 0.3) is 0 Å². The molecular weight excluding hydrogens is 785 g/mol. The van der Waals surface area contributed by atoms with Crippen molar-refractivity contribution in [2.24, 2.45) is 0 Å². The van der Waals surface area contributed by atoms with Crippen molar-refractivity contribution in [3.63, 3.8) is 0 Å². The van der Waals surface area contributed by atoms with E-state index in [0.717, 1.165) is 0 Å². The minimum Gasteiger partial charge on any atom is -0.480 e. The van der Waals surface area contributed by atoms with Crippen LogP contribution in [0.3, 0.4) is 0 Å². The Kier molecular flexibility index (Phi) is 21.2. The zero-order chi connectivity index (χ0) is 40.5. The number of benzene rings is 1. The van der Waals surface area contributed by atoms with Gasteiger partial charge in [-0.1, -0.05) is 0 Å². The maximum atomic E-state index is 13.0. The topological polar surface area (TPSA) is 261 Å². The van der Waals surface area contributed by atoms with E-state index in [2.05, 4.69) is 10.6 Å². The zero-order valence-electron chi connectivity index (χ0n) is 31.6. The molecule has 1 aromatic carbocycles. The quantitative estimate of drug-likeness (QED) is 0.0744. The molecule has 0 saturated carbocycles. The first-order valence-electron chi connectivity index (χ1n) is 18.5. The fourth-order valence-corrected chi connectivity index (χ4v) is 6.59. The number of rotatable bonds is 19. The summed E-state index contributed by atoms with van der Waals surface area (Å²) in [6.45, 7) is 3.50. The van der Waals surface area contributed by atoms with Gasteiger partial charge in [0.05, 0.1) is 38.7 Å². The number of hydrogen-bond acceptors (Lipinski definition) is 14. The molecule has 2 saturated heterocycles. The Morgan fingerprint density at radius 3 is 1.59 bits per heavy atom. The summed E-state index contributed by atoms with van der Waals surface area (Å²) >= 11 is 0. The summed E-state index contributed by atoms with van der Waals surface area (Å²) in [5.74, 6) is -4.96. The van der Waals surface area contributed by atoms with Crippen molar-refractivity contribution in [2.75, 3.05) is 96.9 Å². The summed E-state index contributed by atoms with van der Waals surface area (Å²) in [6.07, 6.45) is 1.69. The number of amides is 2. The predicted octanol–water partition coefficient (Wildman–Crippen LogP) is -2.00. The summed E-state index contributed by atoms with van der Waals surface area (Å²) in [6, 6.07) is 5.45. The van der Waals surface area contributed by atoms with Crippen LogP contribution in [-0.4, -0.2) is 202 Å². The monoisotopic (exact) mass is 838 g/mol. The van der Waals surface area contributed by atoms with Gasteiger partial charge in [0, 0.05) is 100 Å². The van der Waals surface area contributed by atoms with Gasteiger partial charge >= 0.3 is 25.0 Å². The van der Waals surface area contributed by atoms with Crippen LogP contribution in [-0.2, 0) is 45.8 Å². The molecule has 0 unspecified atom stereocenters. The molecule has 0 spiro atoms. The number of Topliss-reactive ketones (excluding diaryl/α,β-unsaturated/α-hetero) is 2. The van der Waals surface area contributed by atoms with E-state index in [1.54, 1.807) is 39.0 Å². The molecule has 0 bridgehead atoms. The van der Waals surface area contributed by atoms with E-state index in [1.165, 1.54) is 11.8 Å². The number of ketones is 2. The molecule has 56 heavy (non-hydrogen) atoms. The van der Waals surface area contributed by atoms with E-state index in [1.807, 2.05) is 4.90 Å². The van der Waals surface area contributed by atoms with Gasteiger partial charge < -0.3 is 40.9 Å². The number of carboxylic acid groups (broad SMARTS) is 3. The molecule has 2 atom stereocenters. The van der Waals surface area contributed by atoms with E-state index in [0.29, 0.717) is 63.2 Å². The fraction of sp³-hybridized carbons (Fsp3) is 0.629. The smallest absolute Gasteiger partial charge is 0.475 e. The summed E-state index contributed by atoms with van der Waals surface area (Å²) in [4.78, 5) is 93.8. The molecular formula is C35H54BCuN7O12. The van der Waals surface area contributed by atoms with Gasteiger partial charge in [0.1, 0.15) is 11.8 Å². The number of hydrogen-bond donors (Lipinski definition) is 7. The van der Waals surface area contributed by atoms with Crippen LogP contribution in [0.2, 0.25) is 0 Å². The molecule has 2 amide bonds. The van der Waals surface area contributed by atoms with E-state index in [9.17, 15) is 58.9 Å². The maximum absolute atomic E-state index is 13.0. The Balaban J connectivity index is 0.0000108. The van der Waals surface area contributed by atoms with Crippen LogP contribution in [0.5, 0.6) is 0 Å². The Morgan fingerprint density at radius 2 is 1.14 bits per heavy atom. The van der Waals surface area contributed by atoms with E-state index >= 15 is 0 Å². The number of nitrogens with one attached hydrogen (secondary N) is 2. The molecule has 19 nitrogen and oxygen atoms in total. The molecule has 1 aromatic rings. The standard InChI is InChI=1S/C35H54BN7O12.Cu/c1-25(35(53)43-11-3-6-30(43)36(54)55)38-34(52)26-7-9-27(10-8-26)37-20-28(44)4-2-5-29(45)21-39-12-14-40(22-31(46)47)16-18-42(24-33(50)51)19-17-41(15-13-39)23-32(48)49;/h7-10,25,30,37,54-55H,2-6,11-24H2,1H3,(H,38,52)(H,46,47)(H,48,49)(H,50,51);/t25-,30+;/m1./s1. The number of aliphatic carboxylic acids is 3. The van der Waals surface area contributed by atoms with Gasteiger partial charge in [-0.05, 0) is 50.5 Å². The Labute approximate surface area is 336 Å². The molecule has 315 valence electrons. The molecule has 0 aromatic heterocycles. The number of anilines is 1. The Bertz CT molecular complexity index is 1460. The molecule has 3 rings (SSSR count). The third-order valence-corrected chi connectivity index (χ3v) is 9.60. The first kappa shape index (κ1) is 48.2. The third-order valence-electron chi connectivity index (χ3n) is 9.60. The van der Waals surface area contributed by atoms with Crippen molar-refractivity contribution in [1.82, 2.24) is 29.8 Å². The first-order chi connectivity index (χ1) is 26.1. The van der Waals surface area contributed by atoms with Gasteiger partial charge in [-0.15, -0.1) is 0 Å². The molecule has 2 aliphatic heterocycles. The average Bonchev–Trinajstić information content (AvgIpc) is 3.62. The number of nitrogens with zero attached hydrogens (tertiary/aromatic N) is 5. The van der Waals surface area contributed by atoms with Crippen LogP contribution in [0, 0.1) is 0 Å². The number of carbonyl (C=O) groups is 7. The van der Waals surface area contributed by atoms with Crippen LogP contribution < -0.4 is 10.6 Å². The molecule has 2 aliphatic rings. The number of carboxylic acids is 3. The van der Waals surface area contributed by atoms with Gasteiger partial charge in [0.25, 0.3) is 5.91 Å². The first-order valence-corrected chi connectivity index (χ1v) is 18.5. The molecule has 0 aliphatic carbocycles. The second-order valence-electron chi connectivity index (χ2n) is 14.0. The summed E-state index contributed by atoms with van der Waals surface area (Å²) in [5, 5.41) is 52.9. The number of likely N-dealkylation sites (tertiary alicyclic amines) is 1. The fourth-order valence-electron chi connectivity index (χ4n) is 6.59. The zero-order valence-corrected chi connectivity index (χ0v) is 32.5. The predicted molar refractivity (Wildman–Crippen MR) is 199 cm³/mol. The molecule has 2 heterocycles. The molecule has 21 heteroatoms. The minimum absolute atomic E-state index is 0. The van der Waals surface area contributed by atoms with Crippen molar-refractivity contribution in [3.05, 3.63) is 29.8 Å². The average molecular weight is 839 g/mol. The van der Waals surface area contributed by atoms with Crippen LogP contribution in [0.15, 0.2) is 24.3 Å². The van der Waals surface area contributed by atoms with Gasteiger partial charge in [0.15, 0.2) is 5.78 Å². The Hall–Kier alpha value is -3.95. The minimum atomic E-state index is -1.65. The van der Waals surface area contributed by atoms with E-state index < -0.39 is 48.8 Å². The molecule has 1 radical (unpaired) electrons. The summed E-state index contributed by atoms with van der Waals surface area (Å²) in [5.41, 5.74) is 0.875. The van der Waals surface area contributed by atoms with Crippen molar-refractivity contribution in [1.29, 1.82) is 0 Å². The SMILES string of the molecule is C[C@@H](NC(=O)c1ccc(NCC(=O)CCCC(=O)CN2CCN(CC(=O)O)CCN(CC(=O)O)CCN(CC(=O)O)CC2)cc1)C(=O)N1CCC[C@H]1B(O)O.[Cu]. The van der Waals surface area contributed by atoms with Crippen LogP contribution >= 0.6 is 0 Å². The summed E-state index contributed by atoms with van der Waals surface area (Å²) < 4.78 is 0. The molecule has 2 fully saturated rings. The van der Waals surface area contributed by atoms with E-state index in [-0.39, 0.29) is 100 Å². The van der Waals surface area contributed by atoms with Crippen LogP contribution in [0.1, 0.15) is 49.4 Å². The van der Waals surface area contributed by atoms with Crippen molar-refractivity contribution in [3.8, 4) is 0 Å². The Morgan fingerprint density at radius 1 is 0.696 bits per heavy atom. The second-order valence-corrected chi connectivity index (χ2v) is 14.0. The second kappa shape index (κ2) is 24.6. The van der Waals surface area contributed by atoms with Crippen molar-refractivity contribution in [2.45, 2.75) is 51.0 Å². The summed E-state index contributed by atoms with van der Waals surface area (Å²) in [7, 11) is -1.65. The largest absolute Gasteiger partial charge is 0.480 e. The van der Waals surface area contributed by atoms with Gasteiger partial charge in [-0.25, -0.2) is 0 Å². The van der Waals surface area contributed by atoms with Crippen molar-refractivity contribution >= 4 is 54.1 Å². The van der Waals surface area contributed by atoms with Crippen LogP contribution in [0.4, 0.5) is 5.69 Å². The van der Waals surface area contributed by atoms with E-state index in [4.69, 9.17) is 0 Å². The van der Waals surface area contributed by atoms with Gasteiger partial charge in [-0.3, -0.25) is 53.2 Å². The van der Waals surface area contributed by atoms with Gasteiger partial charge in [0.2, 0.25) is 5.91 Å². The van der Waals surface area contributed by atoms with Crippen molar-refractivity contribution < 1.29 is 76.0 Å². The normalized spacial score (nSPS) is 18.4. The maximum Gasteiger partial charge on any atom is 0.475 e.